The highest BCUT2D eigenvalue weighted by atomic mass is 35.5. The summed E-state index contributed by atoms with van der Waals surface area (Å²) in [5.41, 5.74) is 1.74. The highest BCUT2D eigenvalue weighted by Crippen LogP contribution is 2.32. The number of oxazole rings is 1. The molecule has 134 valence electrons. The monoisotopic (exact) mass is 392 g/mol. The van der Waals surface area contributed by atoms with Gasteiger partial charge in [0.15, 0.2) is 11.5 Å². The van der Waals surface area contributed by atoms with Crippen LogP contribution in [0, 0.1) is 5.82 Å². The topological polar surface area (TPSA) is 46.3 Å². The predicted octanol–water partition coefficient (Wildman–Crippen LogP) is 5.29. The van der Waals surface area contributed by atoms with Crippen LogP contribution in [0.2, 0.25) is 10.0 Å². The molecule has 0 spiro atoms. The van der Waals surface area contributed by atoms with Gasteiger partial charge in [0.2, 0.25) is 0 Å². The van der Waals surface area contributed by atoms with Gasteiger partial charge < -0.3 is 9.32 Å². The van der Waals surface area contributed by atoms with Gasteiger partial charge in [-0.15, -0.1) is 0 Å². The predicted molar refractivity (Wildman–Crippen MR) is 98.3 cm³/mol. The summed E-state index contributed by atoms with van der Waals surface area (Å²) in [4.78, 5) is 18.9. The molecule has 0 bridgehead atoms. The minimum absolute atomic E-state index is 0.0961. The van der Waals surface area contributed by atoms with Gasteiger partial charge in [-0.05, 0) is 37.1 Å². The minimum atomic E-state index is -0.652. The van der Waals surface area contributed by atoms with Crippen LogP contribution in [0.15, 0.2) is 40.8 Å². The van der Waals surface area contributed by atoms with Crippen molar-refractivity contribution in [1.82, 2.24) is 9.88 Å². The summed E-state index contributed by atoms with van der Waals surface area (Å²) in [6.45, 7) is 1.06. The lowest BCUT2D eigenvalue weighted by Gasteiger charge is -2.31. The third-order valence-corrected chi connectivity index (χ3v) is 5.28. The van der Waals surface area contributed by atoms with Crippen molar-refractivity contribution in [1.29, 1.82) is 0 Å². The first-order valence-electron chi connectivity index (χ1n) is 8.32. The number of hydrogen-bond donors (Lipinski definition) is 0. The quantitative estimate of drug-likeness (QED) is 0.556. The minimum Gasteiger partial charge on any atom is -0.440 e. The van der Waals surface area contributed by atoms with Crippen LogP contribution in [0.3, 0.4) is 0 Å². The molecule has 0 N–H and O–H groups in total. The first-order valence-corrected chi connectivity index (χ1v) is 9.08. The summed E-state index contributed by atoms with van der Waals surface area (Å²) in [6, 6.07) is 9.99. The number of amides is 1. The Morgan fingerprint density at radius 1 is 1.15 bits per heavy atom. The molecule has 2 heterocycles. The van der Waals surface area contributed by atoms with E-state index in [1.54, 1.807) is 4.90 Å². The van der Waals surface area contributed by atoms with Gasteiger partial charge in [0.25, 0.3) is 5.91 Å². The average molecular weight is 393 g/mol. The van der Waals surface area contributed by atoms with E-state index in [1.165, 1.54) is 6.07 Å². The van der Waals surface area contributed by atoms with E-state index in [9.17, 15) is 9.18 Å². The first-order chi connectivity index (χ1) is 12.5. The van der Waals surface area contributed by atoms with Crippen LogP contribution >= 0.6 is 23.2 Å². The molecule has 1 saturated heterocycles. The van der Waals surface area contributed by atoms with E-state index in [1.807, 2.05) is 24.3 Å². The maximum Gasteiger partial charge on any atom is 0.255 e. The molecule has 0 saturated carbocycles. The second kappa shape index (κ2) is 6.89. The summed E-state index contributed by atoms with van der Waals surface area (Å²) in [5.74, 6) is -0.0832. The van der Waals surface area contributed by atoms with Crippen LogP contribution in [0.25, 0.3) is 11.1 Å². The Hall–Kier alpha value is -2.11. The summed E-state index contributed by atoms with van der Waals surface area (Å²) >= 11 is 11.8. The number of para-hydroxylation sites is 2. The van der Waals surface area contributed by atoms with Crippen molar-refractivity contribution in [2.45, 2.75) is 18.8 Å². The standard InChI is InChI=1S/C19H15Cl2FN2O2/c20-13-10-14(21)15(22)9-12(13)19(25)24-7-5-11(6-8-24)18-23-16-3-1-2-4-17(16)26-18/h1-4,9-11H,5-8H2. The molecule has 4 nitrogen and oxygen atoms in total. The van der Waals surface area contributed by atoms with Crippen LogP contribution in [-0.4, -0.2) is 28.9 Å². The molecular weight excluding hydrogens is 378 g/mol. The number of hydrogen-bond acceptors (Lipinski definition) is 3. The molecule has 1 aromatic heterocycles. The number of fused-ring (bicyclic) bond motifs is 1. The van der Waals surface area contributed by atoms with Gasteiger partial charge >= 0.3 is 0 Å². The first kappa shape index (κ1) is 17.3. The zero-order chi connectivity index (χ0) is 18.3. The van der Waals surface area contributed by atoms with Gasteiger partial charge in [-0.25, -0.2) is 9.37 Å². The lowest BCUT2D eigenvalue weighted by molar-refractivity contribution is 0.0706. The summed E-state index contributed by atoms with van der Waals surface area (Å²) in [7, 11) is 0. The second-order valence-corrected chi connectivity index (χ2v) is 7.15. The summed E-state index contributed by atoms with van der Waals surface area (Å²) < 4.78 is 19.5. The highest BCUT2D eigenvalue weighted by molar-refractivity contribution is 6.36. The number of nitrogens with zero attached hydrogens (tertiary/aromatic N) is 2. The lowest BCUT2D eigenvalue weighted by Crippen LogP contribution is -2.38. The van der Waals surface area contributed by atoms with Gasteiger partial charge in [0, 0.05) is 19.0 Å². The molecule has 0 unspecified atom stereocenters. The number of carbonyl (C=O) groups excluding carboxylic acids is 1. The van der Waals surface area contributed by atoms with E-state index in [0.29, 0.717) is 19.0 Å². The zero-order valence-electron chi connectivity index (χ0n) is 13.7. The Morgan fingerprint density at radius 3 is 2.62 bits per heavy atom. The number of piperidine rings is 1. The fraction of sp³-hybridized carbons (Fsp3) is 0.263. The molecule has 7 heteroatoms. The third kappa shape index (κ3) is 3.17. The smallest absolute Gasteiger partial charge is 0.255 e. The Balaban J connectivity index is 1.48. The maximum absolute atomic E-state index is 13.7. The molecule has 2 aromatic carbocycles. The Bertz CT molecular complexity index is 948. The van der Waals surface area contributed by atoms with Gasteiger partial charge in [-0.3, -0.25) is 4.79 Å². The fourth-order valence-corrected chi connectivity index (χ4v) is 3.71. The van der Waals surface area contributed by atoms with Crippen LogP contribution < -0.4 is 0 Å². The average Bonchev–Trinajstić information content (AvgIpc) is 3.08. The second-order valence-electron chi connectivity index (χ2n) is 6.33. The van der Waals surface area contributed by atoms with Crippen molar-refractivity contribution < 1.29 is 13.6 Å². The number of likely N-dealkylation sites (tertiary alicyclic amines) is 1. The SMILES string of the molecule is O=C(c1cc(F)c(Cl)cc1Cl)N1CCC(c2nc3ccccc3o2)CC1. The molecule has 1 aliphatic rings. The van der Waals surface area contributed by atoms with Crippen LogP contribution in [0.4, 0.5) is 4.39 Å². The lowest BCUT2D eigenvalue weighted by atomic mass is 9.96. The number of halogens is 3. The van der Waals surface area contributed by atoms with Gasteiger partial charge in [-0.2, -0.15) is 0 Å². The molecular formula is C19H15Cl2FN2O2. The van der Waals surface area contributed by atoms with Gasteiger partial charge in [0.1, 0.15) is 11.3 Å². The Kier molecular flexibility index (Phi) is 4.59. The van der Waals surface area contributed by atoms with Crippen molar-refractivity contribution in [2.24, 2.45) is 0 Å². The maximum atomic E-state index is 13.7. The van der Waals surface area contributed by atoms with Gasteiger partial charge in [0.05, 0.1) is 15.6 Å². The van der Waals surface area contributed by atoms with Crippen LogP contribution in [0.5, 0.6) is 0 Å². The van der Waals surface area contributed by atoms with Crippen molar-refractivity contribution in [3.05, 3.63) is 63.7 Å². The van der Waals surface area contributed by atoms with E-state index in [0.717, 1.165) is 30.0 Å². The number of rotatable bonds is 2. The van der Waals surface area contributed by atoms with E-state index in [4.69, 9.17) is 27.6 Å². The Labute approximate surface area is 159 Å². The molecule has 1 amide bonds. The largest absolute Gasteiger partial charge is 0.440 e. The van der Waals surface area contributed by atoms with Crippen LogP contribution in [0.1, 0.15) is 35.0 Å². The molecule has 0 atom stereocenters. The van der Waals surface area contributed by atoms with Crippen LogP contribution in [-0.2, 0) is 0 Å². The van der Waals surface area contributed by atoms with E-state index < -0.39 is 5.82 Å². The molecule has 0 radical (unpaired) electrons. The Morgan fingerprint density at radius 2 is 1.88 bits per heavy atom. The van der Waals surface area contributed by atoms with Crippen molar-refractivity contribution >= 4 is 40.2 Å². The number of benzene rings is 2. The summed E-state index contributed by atoms with van der Waals surface area (Å²) in [6.07, 6.45) is 1.46. The van der Waals surface area contributed by atoms with E-state index in [2.05, 4.69) is 4.98 Å². The number of aromatic nitrogens is 1. The molecule has 26 heavy (non-hydrogen) atoms. The van der Waals surface area contributed by atoms with E-state index in [-0.39, 0.29) is 27.4 Å². The van der Waals surface area contributed by atoms with Crippen molar-refractivity contribution in [3.8, 4) is 0 Å². The molecule has 0 aliphatic carbocycles. The van der Waals surface area contributed by atoms with Gasteiger partial charge in [-0.1, -0.05) is 35.3 Å². The zero-order valence-corrected chi connectivity index (χ0v) is 15.2. The fourth-order valence-electron chi connectivity index (χ4n) is 3.25. The van der Waals surface area contributed by atoms with Crippen molar-refractivity contribution in [3.63, 3.8) is 0 Å². The molecule has 3 aromatic rings. The summed E-state index contributed by atoms with van der Waals surface area (Å²) in [5, 5.41) is 0.0590. The normalized spacial score (nSPS) is 15.6. The number of carbonyl (C=O) groups is 1. The highest BCUT2D eigenvalue weighted by Gasteiger charge is 2.28. The van der Waals surface area contributed by atoms with Crippen molar-refractivity contribution in [2.75, 3.05) is 13.1 Å². The molecule has 4 rings (SSSR count). The molecule has 1 fully saturated rings. The molecule has 1 aliphatic heterocycles. The van der Waals surface area contributed by atoms with E-state index >= 15 is 0 Å². The third-order valence-electron chi connectivity index (χ3n) is 4.68.